The van der Waals surface area contributed by atoms with Crippen molar-refractivity contribution in [3.8, 4) is 5.75 Å². The van der Waals surface area contributed by atoms with Gasteiger partial charge >= 0.3 is 0 Å². The monoisotopic (exact) mass is 424 g/mol. The molecule has 1 N–H and O–H groups in total. The van der Waals surface area contributed by atoms with Crippen LogP contribution >= 0.6 is 23.4 Å². The summed E-state index contributed by atoms with van der Waals surface area (Å²) < 4.78 is 5.75. The summed E-state index contributed by atoms with van der Waals surface area (Å²) in [5.74, 6) is 1.81. The molecule has 29 heavy (non-hydrogen) atoms. The summed E-state index contributed by atoms with van der Waals surface area (Å²) in [4.78, 5) is 11.8. The van der Waals surface area contributed by atoms with E-state index in [1.165, 1.54) is 5.56 Å². The van der Waals surface area contributed by atoms with Gasteiger partial charge in [0.2, 0.25) is 5.91 Å². The standard InChI is InChI=1S/C23H21ClN2O2S/c24-21-10-6-19(7-11-21)15-28-22-12-8-18(9-13-22)14-25-26-23(27)17-29-16-20-4-2-1-3-5-20/h1-14H,15-17H2,(H,26,27)/b25-14+. The van der Waals surface area contributed by atoms with E-state index in [1.807, 2.05) is 78.9 Å². The Bertz CT molecular complexity index is 929. The number of nitrogens with zero attached hydrogens (tertiary/aromatic N) is 1. The summed E-state index contributed by atoms with van der Waals surface area (Å²) in [5, 5.41) is 4.72. The van der Waals surface area contributed by atoms with Crippen molar-refractivity contribution in [1.82, 2.24) is 5.43 Å². The molecule has 6 heteroatoms. The summed E-state index contributed by atoms with van der Waals surface area (Å²) in [6.45, 7) is 0.474. The lowest BCUT2D eigenvalue weighted by atomic mass is 10.2. The van der Waals surface area contributed by atoms with Gasteiger partial charge in [-0.1, -0.05) is 54.1 Å². The van der Waals surface area contributed by atoms with Crippen LogP contribution < -0.4 is 10.2 Å². The molecule has 0 saturated carbocycles. The molecule has 0 atom stereocenters. The van der Waals surface area contributed by atoms with Gasteiger partial charge in [-0.3, -0.25) is 4.79 Å². The molecule has 0 bridgehead atoms. The first-order valence-corrected chi connectivity index (χ1v) is 10.6. The van der Waals surface area contributed by atoms with Crippen molar-refractivity contribution in [1.29, 1.82) is 0 Å². The van der Waals surface area contributed by atoms with Crippen molar-refractivity contribution in [3.05, 3.63) is 101 Å². The van der Waals surface area contributed by atoms with Gasteiger partial charge in [0.15, 0.2) is 0 Å². The van der Waals surface area contributed by atoms with Gasteiger partial charge in [0.1, 0.15) is 12.4 Å². The number of rotatable bonds is 9. The fourth-order valence-electron chi connectivity index (χ4n) is 2.44. The van der Waals surface area contributed by atoms with Crippen LogP contribution in [0.2, 0.25) is 5.02 Å². The second-order valence-corrected chi connectivity index (χ2v) is 7.68. The molecule has 0 spiro atoms. The van der Waals surface area contributed by atoms with Gasteiger partial charge in [0, 0.05) is 10.8 Å². The van der Waals surface area contributed by atoms with Gasteiger partial charge < -0.3 is 4.74 Å². The lowest BCUT2D eigenvalue weighted by molar-refractivity contribution is -0.118. The van der Waals surface area contributed by atoms with Gasteiger partial charge in [-0.25, -0.2) is 5.43 Å². The van der Waals surface area contributed by atoms with Crippen molar-refractivity contribution in [3.63, 3.8) is 0 Å². The molecule has 0 aliphatic carbocycles. The predicted octanol–water partition coefficient (Wildman–Crippen LogP) is 5.30. The molecule has 1 amide bonds. The molecule has 4 nitrogen and oxygen atoms in total. The van der Waals surface area contributed by atoms with Crippen molar-refractivity contribution in [2.24, 2.45) is 5.10 Å². The highest BCUT2D eigenvalue weighted by Gasteiger charge is 2.01. The summed E-state index contributed by atoms with van der Waals surface area (Å²) in [7, 11) is 0. The first kappa shape index (κ1) is 21.0. The zero-order valence-electron chi connectivity index (χ0n) is 15.8. The van der Waals surface area contributed by atoms with E-state index in [0.717, 1.165) is 22.6 Å². The summed E-state index contributed by atoms with van der Waals surface area (Å²) in [5.41, 5.74) is 5.68. The van der Waals surface area contributed by atoms with Gasteiger partial charge in [0.25, 0.3) is 0 Å². The Balaban J connectivity index is 1.37. The molecule has 0 aliphatic heterocycles. The SMILES string of the molecule is O=C(CSCc1ccccc1)N/N=C/c1ccc(OCc2ccc(Cl)cc2)cc1. The van der Waals surface area contributed by atoms with Crippen LogP contribution in [-0.4, -0.2) is 17.9 Å². The van der Waals surface area contributed by atoms with Crippen LogP contribution in [0.5, 0.6) is 5.75 Å². The molecule has 0 aliphatic rings. The van der Waals surface area contributed by atoms with E-state index in [9.17, 15) is 4.79 Å². The summed E-state index contributed by atoms with van der Waals surface area (Å²) in [6.07, 6.45) is 1.61. The maximum atomic E-state index is 11.8. The molecule has 0 unspecified atom stereocenters. The quantitative estimate of drug-likeness (QED) is 0.374. The van der Waals surface area contributed by atoms with E-state index in [0.29, 0.717) is 17.4 Å². The van der Waals surface area contributed by atoms with Gasteiger partial charge in [-0.2, -0.15) is 5.10 Å². The third kappa shape index (κ3) is 7.64. The molecule has 3 aromatic carbocycles. The van der Waals surface area contributed by atoms with Gasteiger partial charge in [0.05, 0.1) is 12.0 Å². The van der Waals surface area contributed by atoms with Crippen LogP contribution in [0, 0.1) is 0 Å². The number of hydrogen-bond acceptors (Lipinski definition) is 4. The van der Waals surface area contributed by atoms with Crippen LogP contribution in [0.3, 0.4) is 0 Å². The Morgan fingerprint density at radius 1 is 0.966 bits per heavy atom. The molecular formula is C23H21ClN2O2S. The minimum absolute atomic E-state index is 0.120. The maximum Gasteiger partial charge on any atom is 0.250 e. The number of nitrogens with one attached hydrogen (secondary N) is 1. The Kier molecular flexibility index (Phi) is 8.16. The van der Waals surface area contributed by atoms with E-state index < -0.39 is 0 Å². The van der Waals surface area contributed by atoms with Gasteiger partial charge in [-0.05, 0) is 53.1 Å². The number of amides is 1. The summed E-state index contributed by atoms with van der Waals surface area (Å²) >= 11 is 7.43. The van der Waals surface area contributed by atoms with E-state index in [2.05, 4.69) is 10.5 Å². The highest BCUT2D eigenvalue weighted by Crippen LogP contribution is 2.15. The number of halogens is 1. The van der Waals surface area contributed by atoms with Gasteiger partial charge in [-0.15, -0.1) is 11.8 Å². The molecule has 148 valence electrons. The first-order chi connectivity index (χ1) is 14.2. The largest absolute Gasteiger partial charge is 0.489 e. The average molecular weight is 425 g/mol. The number of thioether (sulfide) groups is 1. The van der Waals surface area contributed by atoms with Crippen LogP contribution in [0.1, 0.15) is 16.7 Å². The Hall–Kier alpha value is -2.76. The minimum Gasteiger partial charge on any atom is -0.489 e. The Morgan fingerprint density at radius 3 is 2.41 bits per heavy atom. The number of ether oxygens (including phenoxy) is 1. The van der Waals surface area contributed by atoms with E-state index in [-0.39, 0.29) is 5.91 Å². The molecule has 0 fully saturated rings. The lowest BCUT2D eigenvalue weighted by Crippen LogP contribution is -2.19. The molecular weight excluding hydrogens is 404 g/mol. The third-order valence-corrected chi connectivity index (χ3v) is 5.20. The fourth-order valence-corrected chi connectivity index (χ4v) is 3.35. The van der Waals surface area contributed by atoms with Crippen molar-refractivity contribution in [2.45, 2.75) is 12.4 Å². The second kappa shape index (κ2) is 11.3. The molecule has 0 heterocycles. The molecule has 0 aromatic heterocycles. The zero-order chi connectivity index (χ0) is 20.3. The van der Waals surface area contributed by atoms with Crippen LogP contribution in [-0.2, 0) is 17.2 Å². The number of carbonyl (C=O) groups excluding carboxylic acids is 1. The lowest BCUT2D eigenvalue weighted by Gasteiger charge is -2.06. The normalized spacial score (nSPS) is 10.8. The summed E-state index contributed by atoms with van der Waals surface area (Å²) in [6, 6.07) is 25.1. The molecule has 0 saturated heterocycles. The molecule has 0 radical (unpaired) electrons. The Morgan fingerprint density at radius 2 is 1.69 bits per heavy atom. The third-order valence-electron chi connectivity index (χ3n) is 3.95. The van der Waals surface area contributed by atoms with Crippen LogP contribution in [0.25, 0.3) is 0 Å². The van der Waals surface area contributed by atoms with E-state index >= 15 is 0 Å². The van der Waals surface area contributed by atoms with Crippen LogP contribution in [0.4, 0.5) is 0 Å². The predicted molar refractivity (Wildman–Crippen MR) is 121 cm³/mol. The zero-order valence-corrected chi connectivity index (χ0v) is 17.3. The number of carbonyl (C=O) groups is 1. The minimum atomic E-state index is -0.120. The van der Waals surface area contributed by atoms with E-state index in [4.69, 9.17) is 16.3 Å². The number of hydrazone groups is 1. The first-order valence-electron chi connectivity index (χ1n) is 9.10. The average Bonchev–Trinajstić information content (AvgIpc) is 2.75. The smallest absolute Gasteiger partial charge is 0.250 e. The highest BCUT2D eigenvalue weighted by molar-refractivity contribution is 7.99. The Labute approximate surface area is 179 Å². The number of hydrogen-bond donors (Lipinski definition) is 1. The van der Waals surface area contributed by atoms with Crippen LogP contribution in [0.15, 0.2) is 84.0 Å². The van der Waals surface area contributed by atoms with Crippen molar-refractivity contribution >= 4 is 35.5 Å². The fraction of sp³-hybridized carbons (Fsp3) is 0.130. The van der Waals surface area contributed by atoms with E-state index in [1.54, 1.807) is 18.0 Å². The van der Waals surface area contributed by atoms with Crippen molar-refractivity contribution in [2.75, 3.05) is 5.75 Å². The maximum absolute atomic E-state index is 11.8. The van der Waals surface area contributed by atoms with Crippen molar-refractivity contribution < 1.29 is 9.53 Å². The second-order valence-electron chi connectivity index (χ2n) is 6.26. The topological polar surface area (TPSA) is 50.7 Å². The number of benzene rings is 3. The molecule has 3 rings (SSSR count). The highest BCUT2D eigenvalue weighted by atomic mass is 35.5. The molecule has 3 aromatic rings.